The average Bonchev–Trinajstić information content (AvgIpc) is 3.40. The van der Waals surface area contributed by atoms with Crippen molar-refractivity contribution < 1.29 is 9.53 Å². The van der Waals surface area contributed by atoms with Gasteiger partial charge < -0.3 is 4.74 Å². The predicted molar refractivity (Wildman–Crippen MR) is 118 cm³/mol. The topological polar surface area (TPSA) is 39.2 Å². The second-order valence-electron chi connectivity index (χ2n) is 7.61. The maximum Gasteiger partial charge on any atom is 0.150 e. The molecule has 0 bridgehead atoms. The summed E-state index contributed by atoms with van der Waals surface area (Å²) in [6, 6.07) is 15.9. The van der Waals surface area contributed by atoms with Crippen LogP contribution in [0.1, 0.15) is 46.7 Å². The number of hydrogen-bond acceptors (Lipinski definition) is 4. The first kappa shape index (κ1) is 20.1. The van der Waals surface area contributed by atoms with Crippen LogP contribution < -0.4 is 4.74 Å². The van der Waals surface area contributed by atoms with Crippen molar-refractivity contribution in [3.05, 3.63) is 80.8 Å². The number of ether oxygens (including phenoxy) is 1. The van der Waals surface area contributed by atoms with E-state index in [1.807, 2.05) is 54.7 Å². The lowest BCUT2D eigenvalue weighted by Crippen LogP contribution is -2.34. The van der Waals surface area contributed by atoms with Gasteiger partial charge in [-0.1, -0.05) is 54.8 Å². The summed E-state index contributed by atoms with van der Waals surface area (Å²) >= 11 is 7.89. The van der Waals surface area contributed by atoms with E-state index in [1.54, 1.807) is 18.4 Å². The predicted octanol–water partition coefficient (Wildman–Crippen LogP) is 6.02. The number of halogens is 1. The van der Waals surface area contributed by atoms with E-state index in [9.17, 15) is 4.79 Å². The minimum atomic E-state index is -0.388. The molecule has 1 heterocycles. The highest BCUT2D eigenvalue weighted by atomic mass is 35.5. The number of ketones is 1. The number of rotatable bonds is 7. The lowest BCUT2D eigenvalue weighted by atomic mass is 9.74. The normalized spacial score (nSPS) is 15.4. The molecule has 1 saturated carbocycles. The van der Waals surface area contributed by atoms with Gasteiger partial charge in [0.1, 0.15) is 16.5 Å². The molecule has 3 aromatic rings. The van der Waals surface area contributed by atoms with Crippen LogP contribution in [0, 0.1) is 0 Å². The molecule has 0 radical (unpaired) electrons. The van der Waals surface area contributed by atoms with Gasteiger partial charge in [0.15, 0.2) is 0 Å². The molecule has 4 rings (SSSR count). The van der Waals surface area contributed by atoms with Crippen LogP contribution in [0.25, 0.3) is 0 Å². The number of methoxy groups -OCH3 is 1. The minimum absolute atomic E-state index is 0.277. The molecule has 3 nitrogen and oxygen atoms in total. The first-order valence-corrected chi connectivity index (χ1v) is 11.1. The molecular weight excluding hydrogens is 402 g/mol. The molecule has 0 saturated heterocycles. The van der Waals surface area contributed by atoms with Crippen molar-refractivity contribution in [2.75, 3.05) is 7.11 Å². The van der Waals surface area contributed by atoms with Gasteiger partial charge in [0, 0.05) is 22.5 Å². The summed E-state index contributed by atoms with van der Waals surface area (Å²) in [5.41, 5.74) is 1.80. The van der Waals surface area contributed by atoms with Crippen molar-refractivity contribution in [3.63, 3.8) is 0 Å². The summed E-state index contributed by atoms with van der Waals surface area (Å²) in [5, 5.41) is 1.65. The van der Waals surface area contributed by atoms with Crippen molar-refractivity contribution in [1.82, 2.24) is 4.98 Å². The quantitative estimate of drug-likeness (QED) is 0.464. The second kappa shape index (κ2) is 8.68. The standard InChI is InChI=1S/C24H24ClNO2S/c1-28-19-10-8-18(9-11-19)24(12-4-5-13-24)22(27)15-23-26-16-20(29-23)14-17-6-2-3-7-21(17)25/h2-3,6-11,16H,4-5,12-15H2,1H3. The second-order valence-corrected chi connectivity index (χ2v) is 9.21. The van der Waals surface area contributed by atoms with E-state index in [2.05, 4.69) is 4.98 Å². The Morgan fingerprint density at radius 3 is 2.55 bits per heavy atom. The van der Waals surface area contributed by atoms with E-state index in [0.29, 0.717) is 6.42 Å². The summed E-state index contributed by atoms with van der Waals surface area (Å²) in [6.07, 6.45) is 7.02. The molecule has 1 fully saturated rings. The van der Waals surface area contributed by atoms with Gasteiger partial charge in [0.05, 0.1) is 18.9 Å². The number of carbonyl (C=O) groups excluding carboxylic acids is 1. The highest BCUT2D eigenvalue weighted by Crippen LogP contribution is 2.43. The Morgan fingerprint density at radius 1 is 1.14 bits per heavy atom. The molecule has 0 amide bonds. The van der Waals surface area contributed by atoms with Crippen molar-refractivity contribution in [2.45, 2.75) is 43.9 Å². The molecule has 0 atom stereocenters. The first-order valence-electron chi connectivity index (χ1n) is 9.95. The zero-order valence-corrected chi connectivity index (χ0v) is 18.1. The van der Waals surface area contributed by atoms with Crippen LogP contribution in [0.3, 0.4) is 0 Å². The molecule has 0 aliphatic heterocycles. The van der Waals surface area contributed by atoms with Crippen LogP contribution in [-0.4, -0.2) is 17.9 Å². The third kappa shape index (κ3) is 4.24. The average molecular weight is 426 g/mol. The van der Waals surface area contributed by atoms with Crippen molar-refractivity contribution >= 4 is 28.7 Å². The summed E-state index contributed by atoms with van der Waals surface area (Å²) in [7, 11) is 1.66. The highest BCUT2D eigenvalue weighted by Gasteiger charge is 2.42. The maximum absolute atomic E-state index is 13.4. The molecule has 5 heteroatoms. The third-order valence-corrected chi connectivity index (χ3v) is 7.24. The molecule has 0 spiro atoms. The van der Waals surface area contributed by atoms with Gasteiger partial charge in [-0.05, 0) is 42.2 Å². The molecule has 1 aliphatic carbocycles. The summed E-state index contributed by atoms with van der Waals surface area (Å²) in [6.45, 7) is 0. The summed E-state index contributed by atoms with van der Waals surface area (Å²) in [5.74, 6) is 1.09. The molecule has 1 aliphatic rings. The van der Waals surface area contributed by atoms with Gasteiger partial charge >= 0.3 is 0 Å². The fraction of sp³-hybridized carbons (Fsp3) is 0.333. The SMILES string of the molecule is COc1ccc(C2(C(=O)Cc3ncc(Cc4ccccc4Cl)s3)CCCC2)cc1. The number of benzene rings is 2. The van der Waals surface area contributed by atoms with Gasteiger partial charge in [-0.15, -0.1) is 11.3 Å². The molecule has 150 valence electrons. The number of aromatic nitrogens is 1. The largest absolute Gasteiger partial charge is 0.497 e. The van der Waals surface area contributed by atoms with Gasteiger partial charge in [-0.3, -0.25) is 4.79 Å². The number of thiazole rings is 1. The number of nitrogens with zero attached hydrogens (tertiary/aromatic N) is 1. The maximum atomic E-state index is 13.4. The van der Waals surface area contributed by atoms with Gasteiger partial charge in [0.2, 0.25) is 0 Å². The monoisotopic (exact) mass is 425 g/mol. The summed E-state index contributed by atoms with van der Waals surface area (Å²) in [4.78, 5) is 19.1. The lowest BCUT2D eigenvalue weighted by Gasteiger charge is -2.28. The van der Waals surface area contributed by atoms with Gasteiger partial charge in [-0.25, -0.2) is 4.98 Å². The Labute approximate surface area is 180 Å². The smallest absolute Gasteiger partial charge is 0.150 e. The van der Waals surface area contributed by atoms with Crippen molar-refractivity contribution in [2.24, 2.45) is 0 Å². The first-order chi connectivity index (χ1) is 14.1. The van der Waals surface area contributed by atoms with Crippen LogP contribution >= 0.6 is 22.9 Å². The van der Waals surface area contributed by atoms with Crippen LogP contribution in [0.2, 0.25) is 5.02 Å². The zero-order chi connectivity index (χ0) is 20.3. The Bertz CT molecular complexity index is 990. The Balaban J connectivity index is 1.51. The fourth-order valence-electron chi connectivity index (χ4n) is 4.26. The highest BCUT2D eigenvalue weighted by molar-refractivity contribution is 7.11. The van der Waals surface area contributed by atoms with E-state index in [4.69, 9.17) is 16.3 Å². The fourth-order valence-corrected chi connectivity index (χ4v) is 5.41. The van der Waals surface area contributed by atoms with Crippen LogP contribution in [0.5, 0.6) is 5.75 Å². The Hall–Kier alpha value is -2.17. The Kier molecular flexibility index (Phi) is 6.02. The number of carbonyl (C=O) groups is 1. The van der Waals surface area contributed by atoms with Crippen LogP contribution in [0.15, 0.2) is 54.7 Å². The van der Waals surface area contributed by atoms with E-state index < -0.39 is 0 Å². The van der Waals surface area contributed by atoms with E-state index in [0.717, 1.165) is 63.9 Å². The van der Waals surface area contributed by atoms with Crippen molar-refractivity contribution in [1.29, 1.82) is 0 Å². The van der Waals surface area contributed by atoms with Crippen LogP contribution in [-0.2, 0) is 23.1 Å². The molecule has 1 aromatic heterocycles. The van der Waals surface area contributed by atoms with Gasteiger partial charge in [-0.2, -0.15) is 0 Å². The third-order valence-electron chi connectivity index (χ3n) is 5.87. The zero-order valence-electron chi connectivity index (χ0n) is 16.5. The minimum Gasteiger partial charge on any atom is -0.497 e. The molecule has 2 aromatic carbocycles. The molecular formula is C24H24ClNO2S. The van der Waals surface area contributed by atoms with Gasteiger partial charge in [0.25, 0.3) is 0 Å². The lowest BCUT2D eigenvalue weighted by molar-refractivity contribution is -0.123. The van der Waals surface area contributed by atoms with E-state index in [-0.39, 0.29) is 11.2 Å². The van der Waals surface area contributed by atoms with E-state index in [1.165, 1.54) is 0 Å². The van der Waals surface area contributed by atoms with E-state index >= 15 is 0 Å². The Morgan fingerprint density at radius 2 is 1.86 bits per heavy atom. The number of Topliss-reactive ketones (excluding diaryl/α,β-unsaturated/α-hetero) is 1. The summed E-state index contributed by atoms with van der Waals surface area (Å²) < 4.78 is 5.28. The molecule has 0 N–H and O–H groups in total. The van der Waals surface area contributed by atoms with Crippen LogP contribution in [0.4, 0.5) is 0 Å². The number of hydrogen-bond donors (Lipinski definition) is 0. The van der Waals surface area contributed by atoms with Crippen molar-refractivity contribution in [3.8, 4) is 5.75 Å². The molecule has 0 unspecified atom stereocenters. The molecule has 29 heavy (non-hydrogen) atoms.